The Morgan fingerprint density at radius 2 is 1.91 bits per heavy atom. The van der Waals surface area contributed by atoms with E-state index in [-0.39, 0.29) is 0 Å². The fourth-order valence-corrected chi connectivity index (χ4v) is 4.30. The molecule has 3 heteroatoms. The van der Waals surface area contributed by atoms with Crippen LogP contribution in [0.2, 0.25) is 0 Å². The lowest BCUT2D eigenvalue weighted by Gasteiger charge is -2.19. The van der Waals surface area contributed by atoms with Crippen LogP contribution >= 0.6 is 0 Å². The molecule has 0 saturated heterocycles. The minimum absolute atomic E-state index is 0.407. The van der Waals surface area contributed by atoms with Crippen LogP contribution in [0.1, 0.15) is 29.5 Å². The zero-order valence-electron chi connectivity index (χ0n) is 13.2. The van der Waals surface area contributed by atoms with Gasteiger partial charge in [0, 0.05) is 18.0 Å². The summed E-state index contributed by atoms with van der Waals surface area (Å²) in [7, 11) is 0. The van der Waals surface area contributed by atoms with E-state index in [9.17, 15) is 0 Å². The number of fused-ring (bicyclic) bond motifs is 3. The van der Waals surface area contributed by atoms with Crippen LogP contribution in [0.25, 0.3) is 0 Å². The second-order valence-electron chi connectivity index (χ2n) is 6.93. The molecule has 0 aromatic heterocycles. The van der Waals surface area contributed by atoms with Crippen LogP contribution < -0.4 is 14.8 Å². The summed E-state index contributed by atoms with van der Waals surface area (Å²) in [5, 5.41) is 3.76. The number of rotatable bonds is 3. The predicted octanol–water partition coefficient (Wildman–Crippen LogP) is 3.20. The van der Waals surface area contributed by atoms with Crippen LogP contribution in [0.4, 0.5) is 0 Å². The molecule has 23 heavy (non-hydrogen) atoms. The molecule has 1 heterocycles. The standard InChI is InChI=1S/C20H21NO2/c1-2-4-16-15(3-1)7-8-20(16)12-19(20)21-13-14-5-6-17-18(11-14)23-10-9-22-17/h1-6,11,19,21H,7-10,12-13H2/t19-,20-/m1/s1. The summed E-state index contributed by atoms with van der Waals surface area (Å²) in [5.41, 5.74) is 4.81. The minimum Gasteiger partial charge on any atom is -0.486 e. The number of ether oxygens (including phenoxy) is 2. The largest absolute Gasteiger partial charge is 0.486 e. The van der Waals surface area contributed by atoms with Gasteiger partial charge in [0.05, 0.1) is 0 Å². The van der Waals surface area contributed by atoms with Crippen LogP contribution in [0.3, 0.4) is 0 Å². The molecule has 1 N–H and O–H groups in total. The van der Waals surface area contributed by atoms with Gasteiger partial charge in [-0.3, -0.25) is 0 Å². The molecule has 5 rings (SSSR count). The molecule has 3 aliphatic rings. The first-order chi connectivity index (χ1) is 11.4. The molecule has 0 bridgehead atoms. The fraction of sp³-hybridized carbons (Fsp3) is 0.400. The van der Waals surface area contributed by atoms with Crippen molar-refractivity contribution in [1.82, 2.24) is 5.32 Å². The van der Waals surface area contributed by atoms with E-state index in [1.165, 1.54) is 24.8 Å². The van der Waals surface area contributed by atoms with Crippen LogP contribution in [0, 0.1) is 0 Å². The third kappa shape index (κ3) is 2.14. The molecule has 3 nitrogen and oxygen atoms in total. The molecule has 1 aliphatic heterocycles. The lowest BCUT2D eigenvalue weighted by Crippen LogP contribution is -2.24. The van der Waals surface area contributed by atoms with E-state index in [2.05, 4.69) is 41.7 Å². The average Bonchev–Trinajstić information content (AvgIpc) is 3.19. The zero-order chi connectivity index (χ0) is 15.3. The smallest absolute Gasteiger partial charge is 0.161 e. The molecule has 2 aliphatic carbocycles. The van der Waals surface area contributed by atoms with E-state index < -0.39 is 0 Å². The Morgan fingerprint density at radius 3 is 2.87 bits per heavy atom. The summed E-state index contributed by atoms with van der Waals surface area (Å²) < 4.78 is 11.3. The van der Waals surface area contributed by atoms with Gasteiger partial charge < -0.3 is 14.8 Å². The van der Waals surface area contributed by atoms with Gasteiger partial charge in [-0.1, -0.05) is 30.3 Å². The Hall–Kier alpha value is -2.00. The van der Waals surface area contributed by atoms with Gasteiger partial charge in [-0.2, -0.15) is 0 Å². The molecule has 1 fully saturated rings. The maximum absolute atomic E-state index is 5.67. The highest BCUT2D eigenvalue weighted by atomic mass is 16.6. The van der Waals surface area contributed by atoms with Crippen LogP contribution in [0.15, 0.2) is 42.5 Å². The normalized spacial score (nSPS) is 27.0. The highest BCUT2D eigenvalue weighted by Gasteiger charge is 2.57. The van der Waals surface area contributed by atoms with Crippen molar-refractivity contribution in [3.8, 4) is 11.5 Å². The molecule has 1 spiro atoms. The third-order valence-electron chi connectivity index (χ3n) is 5.63. The number of hydrogen-bond donors (Lipinski definition) is 1. The second kappa shape index (κ2) is 5.00. The van der Waals surface area contributed by atoms with Crippen molar-refractivity contribution < 1.29 is 9.47 Å². The number of nitrogens with one attached hydrogen (secondary N) is 1. The molecule has 1 saturated carbocycles. The number of hydrogen-bond acceptors (Lipinski definition) is 3. The van der Waals surface area contributed by atoms with Gasteiger partial charge in [0.15, 0.2) is 11.5 Å². The zero-order valence-corrected chi connectivity index (χ0v) is 13.2. The lowest BCUT2D eigenvalue weighted by atomic mass is 9.97. The summed E-state index contributed by atoms with van der Waals surface area (Å²) in [4.78, 5) is 0. The maximum Gasteiger partial charge on any atom is 0.161 e. The van der Waals surface area contributed by atoms with Gasteiger partial charge in [-0.25, -0.2) is 0 Å². The Bertz CT molecular complexity index is 757. The highest BCUT2D eigenvalue weighted by molar-refractivity contribution is 5.47. The van der Waals surface area contributed by atoms with Crippen molar-refractivity contribution >= 4 is 0 Å². The van der Waals surface area contributed by atoms with Gasteiger partial charge in [-0.15, -0.1) is 0 Å². The Kier molecular flexibility index (Phi) is 2.92. The number of aryl methyl sites for hydroxylation is 1. The lowest BCUT2D eigenvalue weighted by molar-refractivity contribution is 0.171. The van der Waals surface area contributed by atoms with Crippen LogP contribution in [0.5, 0.6) is 11.5 Å². The predicted molar refractivity (Wildman–Crippen MR) is 89.1 cm³/mol. The first-order valence-corrected chi connectivity index (χ1v) is 8.55. The van der Waals surface area contributed by atoms with Crippen LogP contribution in [-0.2, 0) is 18.4 Å². The fourth-order valence-electron chi connectivity index (χ4n) is 4.30. The molecular formula is C20H21NO2. The number of benzene rings is 2. The molecule has 0 unspecified atom stereocenters. The van der Waals surface area contributed by atoms with Crippen molar-refractivity contribution in [3.63, 3.8) is 0 Å². The summed E-state index contributed by atoms with van der Waals surface area (Å²) in [6.45, 7) is 2.19. The maximum atomic E-state index is 5.67. The van der Waals surface area contributed by atoms with E-state index in [4.69, 9.17) is 9.47 Å². The Balaban J connectivity index is 1.28. The van der Waals surface area contributed by atoms with Gasteiger partial charge in [0.1, 0.15) is 13.2 Å². The summed E-state index contributed by atoms with van der Waals surface area (Å²) in [6.07, 6.45) is 3.80. The van der Waals surface area contributed by atoms with Crippen molar-refractivity contribution in [2.24, 2.45) is 0 Å². The van der Waals surface area contributed by atoms with Crippen molar-refractivity contribution in [2.45, 2.75) is 37.3 Å². The summed E-state index contributed by atoms with van der Waals surface area (Å²) >= 11 is 0. The first kappa shape index (κ1) is 13.4. The van der Waals surface area contributed by atoms with Gasteiger partial charge in [0.25, 0.3) is 0 Å². The molecular weight excluding hydrogens is 286 g/mol. The van der Waals surface area contributed by atoms with Crippen LogP contribution in [-0.4, -0.2) is 19.3 Å². The molecule has 118 valence electrons. The van der Waals surface area contributed by atoms with E-state index in [0.717, 1.165) is 18.0 Å². The summed E-state index contributed by atoms with van der Waals surface area (Å²) in [5.74, 6) is 1.75. The minimum atomic E-state index is 0.407. The topological polar surface area (TPSA) is 30.5 Å². The van der Waals surface area contributed by atoms with Crippen molar-refractivity contribution in [1.29, 1.82) is 0 Å². The Labute approximate surface area is 136 Å². The van der Waals surface area contributed by atoms with Gasteiger partial charge in [0.2, 0.25) is 0 Å². The van der Waals surface area contributed by atoms with E-state index >= 15 is 0 Å². The highest BCUT2D eigenvalue weighted by Crippen LogP contribution is 2.56. The molecule has 2 aromatic rings. The summed E-state index contributed by atoms with van der Waals surface area (Å²) in [6, 6.07) is 15.9. The average molecular weight is 307 g/mol. The molecule has 2 atom stereocenters. The molecule has 0 radical (unpaired) electrons. The Morgan fingerprint density at radius 1 is 1.04 bits per heavy atom. The molecule has 0 amide bonds. The monoisotopic (exact) mass is 307 g/mol. The SMILES string of the molecule is c1ccc2c(c1)CC[C@@]21C[C@H]1NCc1ccc2c(c1)OCCO2. The quantitative estimate of drug-likeness (QED) is 0.944. The van der Waals surface area contributed by atoms with Gasteiger partial charge in [-0.05, 0) is 48.1 Å². The van der Waals surface area contributed by atoms with Crippen molar-refractivity contribution in [2.75, 3.05) is 13.2 Å². The molecule has 2 aromatic carbocycles. The van der Waals surface area contributed by atoms with E-state index in [1.807, 2.05) is 6.07 Å². The van der Waals surface area contributed by atoms with Gasteiger partial charge >= 0.3 is 0 Å². The van der Waals surface area contributed by atoms with E-state index in [0.29, 0.717) is 24.7 Å². The third-order valence-corrected chi connectivity index (χ3v) is 5.63. The van der Waals surface area contributed by atoms with E-state index in [1.54, 1.807) is 11.1 Å². The first-order valence-electron chi connectivity index (χ1n) is 8.55. The van der Waals surface area contributed by atoms with Crippen molar-refractivity contribution in [3.05, 3.63) is 59.2 Å². The second-order valence-corrected chi connectivity index (χ2v) is 6.93.